The van der Waals surface area contributed by atoms with Gasteiger partial charge in [0.25, 0.3) is 0 Å². The van der Waals surface area contributed by atoms with E-state index in [1.807, 2.05) is 20.8 Å². The number of carbonyl (C=O) groups excluding carboxylic acids is 1. The van der Waals surface area contributed by atoms with Crippen LogP contribution in [0.25, 0.3) is 0 Å². The van der Waals surface area contributed by atoms with Crippen molar-refractivity contribution in [3.05, 3.63) is 0 Å². The second-order valence-corrected chi connectivity index (χ2v) is 5.17. The fourth-order valence-electron chi connectivity index (χ4n) is 1.78. The Labute approximate surface area is 103 Å². The summed E-state index contributed by atoms with van der Waals surface area (Å²) >= 11 is 0. The van der Waals surface area contributed by atoms with Gasteiger partial charge in [-0.2, -0.15) is 0 Å². The molecule has 2 atom stereocenters. The average Bonchev–Trinajstić information content (AvgIpc) is 2.57. The highest BCUT2D eigenvalue weighted by atomic mass is 16.5. The van der Waals surface area contributed by atoms with E-state index in [9.17, 15) is 9.90 Å². The summed E-state index contributed by atoms with van der Waals surface area (Å²) in [5, 5.41) is 16.0. The van der Waals surface area contributed by atoms with Gasteiger partial charge in [0.15, 0.2) is 0 Å². The minimum atomic E-state index is -0.835. The summed E-state index contributed by atoms with van der Waals surface area (Å²) in [6, 6.07) is 0. The largest absolute Gasteiger partial charge is 0.386 e. The number of hydrogen-bond donors (Lipinski definition) is 3. The van der Waals surface area contributed by atoms with Crippen molar-refractivity contribution >= 4 is 5.91 Å². The van der Waals surface area contributed by atoms with Crippen LogP contribution in [0.2, 0.25) is 0 Å². The first-order chi connectivity index (χ1) is 7.94. The minimum Gasteiger partial charge on any atom is -0.386 e. The highest BCUT2D eigenvalue weighted by Crippen LogP contribution is 2.24. The van der Waals surface area contributed by atoms with Crippen LogP contribution in [0.5, 0.6) is 0 Å². The maximum atomic E-state index is 11.4. The van der Waals surface area contributed by atoms with Crippen LogP contribution < -0.4 is 10.6 Å². The topological polar surface area (TPSA) is 70.6 Å². The Morgan fingerprint density at radius 3 is 2.82 bits per heavy atom. The van der Waals surface area contributed by atoms with Crippen molar-refractivity contribution in [3.8, 4) is 0 Å². The van der Waals surface area contributed by atoms with Crippen molar-refractivity contribution in [2.24, 2.45) is 5.92 Å². The van der Waals surface area contributed by atoms with E-state index in [0.717, 1.165) is 0 Å². The van der Waals surface area contributed by atoms with Crippen molar-refractivity contribution < 1.29 is 14.6 Å². The Bertz CT molecular complexity index is 258. The molecule has 100 valence electrons. The van der Waals surface area contributed by atoms with E-state index >= 15 is 0 Å². The predicted molar refractivity (Wildman–Crippen MR) is 65.7 cm³/mol. The van der Waals surface area contributed by atoms with Crippen molar-refractivity contribution in [1.82, 2.24) is 10.6 Å². The van der Waals surface area contributed by atoms with Crippen LogP contribution in [0, 0.1) is 5.92 Å². The predicted octanol–water partition coefficient (Wildman–Crippen LogP) is -0.112. The van der Waals surface area contributed by atoms with Crippen molar-refractivity contribution in [3.63, 3.8) is 0 Å². The number of aliphatic hydroxyl groups is 1. The lowest BCUT2D eigenvalue weighted by Gasteiger charge is -2.26. The van der Waals surface area contributed by atoms with E-state index in [4.69, 9.17) is 4.74 Å². The smallest absolute Gasteiger partial charge is 0.233 e. The molecule has 5 nitrogen and oxygen atoms in total. The lowest BCUT2D eigenvalue weighted by Crippen LogP contribution is -2.48. The second kappa shape index (κ2) is 6.33. The molecule has 0 spiro atoms. The molecule has 1 aliphatic rings. The lowest BCUT2D eigenvalue weighted by atomic mass is 9.97. The Morgan fingerprint density at radius 1 is 1.59 bits per heavy atom. The van der Waals surface area contributed by atoms with Gasteiger partial charge in [-0.1, -0.05) is 13.8 Å². The van der Waals surface area contributed by atoms with Gasteiger partial charge in [-0.05, 0) is 12.8 Å². The molecule has 0 aliphatic carbocycles. The van der Waals surface area contributed by atoms with Gasteiger partial charge in [-0.3, -0.25) is 4.79 Å². The molecule has 1 rings (SSSR count). The maximum Gasteiger partial charge on any atom is 0.233 e. The molecule has 0 saturated carbocycles. The molecule has 1 amide bonds. The average molecular weight is 244 g/mol. The molecule has 1 saturated heterocycles. The number of hydrogen-bond acceptors (Lipinski definition) is 4. The highest BCUT2D eigenvalue weighted by molar-refractivity contribution is 5.77. The minimum absolute atomic E-state index is 0.0335. The van der Waals surface area contributed by atoms with Gasteiger partial charge in [0.2, 0.25) is 5.91 Å². The van der Waals surface area contributed by atoms with Crippen LogP contribution in [0.4, 0.5) is 0 Å². The van der Waals surface area contributed by atoms with E-state index in [1.165, 1.54) is 0 Å². The number of nitrogens with one attached hydrogen (secondary N) is 2. The lowest BCUT2D eigenvalue weighted by molar-refractivity contribution is -0.120. The van der Waals surface area contributed by atoms with Crippen LogP contribution in [0.1, 0.15) is 27.2 Å². The van der Waals surface area contributed by atoms with E-state index in [0.29, 0.717) is 32.0 Å². The molecule has 1 fully saturated rings. The normalized spacial score (nSPS) is 28.6. The summed E-state index contributed by atoms with van der Waals surface area (Å²) in [7, 11) is 0. The summed E-state index contributed by atoms with van der Waals surface area (Å²) in [5.41, 5.74) is -0.835. The fourth-order valence-corrected chi connectivity index (χ4v) is 1.78. The van der Waals surface area contributed by atoms with Gasteiger partial charge in [-0.15, -0.1) is 0 Å². The van der Waals surface area contributed by atoms with E-state index in [-0.39, 0.29) is 18.6 Å². The third-order valence-electron chi connectivity index (χ3n) is 3.08. The van der Waals surface area contributed by atoms with Gasteiger partial charge < -0.3 is 20.5 Å². The van der Waals surface area contributed by atoms with Crippen LogP contribution in [-0.4, -0.2) is 49.0 Å². The maximum absolute atomic E-state index is 11.4. The summed E-state index contributed by atoms with van der Waals surface area (Å²) < 4.78 is 5.31. The van der Waals surface area contributed by atoms with E-state index < -0.39 is 5.60 Å². The zero-order chi connectivity index (χ0) is 12.9. The zero-order valence-corrected chi connectivity index (χ0v) is 11.0. The van der Waals surface area contributed by atoms with E-state index in [2.05, 4.69) is 10.6 Å². The standard InChI is InChI=1S/C12H24N2O3/c1-9(2)6-14-11(15)7-13-8-12(16)4-5-17-10(12)3/h9-10,13,16H,4-8H2,1-3H3,(H,14,15). The van der Waals surface area contributed by atoms with Gasteiger partial charge in [0.1, 0.15) is 5.60 Å². The monoisotopic (exact) mass is 244 g/mol. The number of ether oxygens (including phenoxy) is 1. The van der Waals surface area contributed by atoms with Gasteiger partial charge in [-0.25, -0.2) is 0 Å². The van der Waals surface area contributed by atoms with Gasteiger partial charge in [0, 0.05) is 26.1 Å². The van der Waals surface area contributed by atoms with Crippen molar-refractivity contribution in [2.75, 3.05) is 26.2 Å². The van der Waals surface area contributed by atoms with Crippen molar-refractivity contribution in [1.29, 1.82) is 0 Å². The van der Waals surface area contributed by atoms with Crippen LogP contribution >= 0.6 is 0 Å². The third kappa shape index (κ3) is 4.61. The summed E-state index contributed by atoms with van der Waals surface area (Å²) in [6.45, 7) is 7.85. The first-order valence-corrected chi connectivity index (χ1v) is 6.25. The molecule has 2 unspecified atom stereocenters. The number of carbonyl (C=O) groups is 1. The highest BCUT2D eigenvalue weighted by Gasteiger charge is 2.39. The first-order valence-electron chi connectivity index (χ1n) is 6.25. The second-order valence-electron chi connectivity index (χ2n) is 5.17. The summed E-state index contributed by atoms with van der Waals surface area (Å²) in [4.78, 5) is 11.4. The third-order valence-corrected chi connectivity index (χ3v) is 3.08. The number of amides is 1. The number of rotatable bonds is 6. The SMILES string of the molecule is CC(C)CNC(=O)CNCC1(O)CCOC1C. The molecule has 1 aliphatic heterocycles. The van der Waals surface area contributed by atoms with Crippen LogP contribution in [-0.2, 0) is 9.53 Å². The van der Waals surface area contributed by atoms with Gasteiger partial charge >= 0.3 is 0 Å². The quantitative estimate of drug-likeness (QED) is 0.609. The molecule has 0 bridgehead atoms. The Balaban J connectivity index is 2.17. The molecule has 5 heteroatoms. The Kier molecular flexibility index (Phi) is 5.36. The molecule has 0 aromatic heterocycles. The molecular formula is C12H24N2O3. The molecule has 1 heterocycles. The van der Waals surface area contributed by atoms with Crippen LogP contribution in [0.15, 0.2) is 0 Å². The molecule has 17 heavy (non-hydrogen) atoms. The first kappa shape index (κ1) is 14.4. The summed E-state index contributed by atoms with van der Waals surface area (Å²) in [5.74, 6) is 0.417. The van der Waals surface area contributed by atoms with Crippen LogP contribution in [0.3, 0.4) is 0 Å². The fraction of sp³-hybridized carbons (Fsp3) is 0.917. The Hall–Kier alpha value is -0.650. The molecule has 3 N–H and O–H groups in total. The molecule has 0 aromatic carbocycles. The van der Waals surface area contributed by atoms with Gasteiger partial charge in [0.05, 0.1) is 12.6 Å². The zero-order valence-electron chi connectivity index (χ0n) is 11.0. The molecular weight excluding hydrogens is 220 g/mol. The molecule has 0 radical (unpaired) electrons. The summed E-state index contributed by atoms with van der Waals surface area (Å²) in [6.07, 6.45) is 0.447. The molecule has 0 aromatic rings. The van der Waals surface area contributed by atoms with Crippen molar-refractivity contribution in [2.45, 2.75) is 38.9 Å². The Morgan fingerprint density at radius 2 is 2.29 bits per heavy atom. The van der Waals surface area contributed by atoms with E-state index in [1.54, 1.807) is 0 Å².